The number of ether oxygens (including phenoxy) is 2. The monoisotopic (exact) mass is 290 g/mol. The Morgan fingerprint density at radius 3 is 2.48 bits per heavy atom. The molecule has 0 saturated heterocycles. The normalized spacial score (nSPS) is 12.8. The van der Waals surface area contributed by atoms with Gasteiger partial charge in [-0.25, -0.2) is 4.79 Å². The average Bonchev–Trinajstić information content (AvgIpc) is 2.52. The van der Waals surface area contributed by atoms with Crippen molar-refractivity contribution < 1.29 is 14.3 Å². The molecule has 0 spiro atoms. The summed E-state index contributed by atoms with van der Waals surface area (Å²) >= 11 is 0. The van der Waals surface area contributed by atoms with Crippen LogP contribution in [-0.4, -0.2) is 19.2 Å². The van der Waals surface area contributed by atoms with Crippen LogP contribution in [0.2, 0.25) is 0 Å². The van der Waals surface area contributed by atoms with Crippen molar-refractivity contribution in [2.24, 2.45) is 0 Å². The van der Waals surface area contributed by atoms with Gasteiger partial charge in [0.1, 0.15) is 6.10 Å². The maximum Gasteiger partial charge on any atom is 0.373 e. The molecule has 0 aromatic heterocycles. The quantitative estimate of drug-likeness (QED) is 0.289. The second-order valence-electron chi connectivity index (χ2n) is 5.05. The Kier molecular flexibility index (Phi) is 8.25. The third-order valence-electron chi connectivity index (χ3n) is 3.38. The topological polar surface area (TPSA) is 35.5 Å². The highest BCUT2D eigenvalue weighted by molar-refractivity contribution is 5.91. The van der Waals surface area contributed by atoms with Crippen LogP contribution >= 0.6 is 0 Å². The Morgan fingerprint density at radius 2 is 1.90 bits per heavy atom. The van der Waals surface area contributed by atoms with Crippen molar-refractivity contribution in [3.8, 4) is 0 Å². The zero-order valence-corrected chi connectivity index (χ0v) is 13.3. The Balaban J connectivity index is 2.63. The highest BCUT2D eigenvalue weighted by Gasteiger charge is 2.17. The van der Waals surface area contributed by atoms with Gasteiger partial charge in [0, 0.05) is 0 Å². The molecular formula is C18H26O3. The molecular weight excluding hydrogens is 264 g/mol. The van der Waals surface area contributed by atoms with Gasteiger partial charge in [0.05, 0.1) is 7.11 Å². The number of benzene rings is 1. The number of carbonyl (C=O) groups is 1. The van der Waals surface area contributed by atoms with E-state index in [1.54, 1.807) is 6.08 Å². The molecule has 0 aliphatic carbocycles. The van der Waals surface area contributed by atoms with E-state index in [1.165, 1.54) is 20.0 Å². The number of hydrogen-bond donors (Lipinski definition) is 0. The smallest absolute Gasteiger partial charge is 0.373 e. The van der Waals surface area contributed by atoms with Crippen LogP contribution in [0.5, 0.6) is 0 Å². The minimum absolute atomic E-state index is 0.0293. The lowest BCUT2D eigenvalue weighted by Crippen LogP contribution is -2.19. The second kappa shape index (κ2) is 10.0. The van der Waals surface area contributed by atoms with E-state index in [9.17, 15) is 4.79 Å². The SMILES string of the molecule is CCCCCC(CC)OC(=O)/C(=C\c1ccccc1)OC. The largest absolute Gasteiger partial charge is 0.490 e. The third-order valence-corrected chi connectivity index (χ3v) is 3.38. The van der Waals surface area contributed by atoms with Gasteiger partial charge in [-0.15, -0.1) is 0 Å². The van der Waals surface area contributed by atoms with Gasteiger partial charge in [0.15, 0.2) is 0 Å². The summed E-state index contributed by atoms with van der Waals surface area (Å²) in [5.41, 5.74) is 0.922. The summed E-state index contributed by atoms with van der Waals surface area (Å²) in [4.78, 5) is 12.2. The van der Waals surface area contributed by atoms with Crippen LogP contribution < -0.4 is 0 Å². The fraction of sp³-hybridized carbons (Fsp3) is 0.500. The predicted molar refractivity (Wildman–Crippen MR) is 85.7 cm³/mol. The molecule has 1 aromatic rings. The maximum absolute atomic E-state index is 12.2. The summed E-state index contributed by atoms with van der Waals surface area (Å²) in [6.07, 6.45) is 6.86. The molecule has 1 unspecified atom stereocenters. The van der Waals surface area contributed by atoms with Gasteiger partial charge in [-0.3, -0.25) is 0 Å². The van der Waals surface area contributed by atoms with E-state index in [4.69, 9.17) is 9.47 Å². The zero-order valence-electron chi connectivity index (χ0n) is 13.3. The number of methoxy groups -OCH3 is 1. The molecule has 0 heterocycles. The van der Waals surface area contributed by atoms with Crippen molar-refractivity contribution in [1.82, 2.24) is 0 Å². The predicted octanol–water partition coefficient (Wildman–Crippen LogP) is 4.58. The van der Waals surface area contributed by atoms with E-state index in [0.717, 1.165) is 24.8 Å². The molecule has 1 atom stereocenters. The Morgan fingerprint density at radius 1 is 1.19 bits per heavy atom. The van der Waals surface area contributed by atoms with Gasteiger partial charge in [-0.1, -0.05) is 57.0 Å². The lowest BCUT2D eigenvalue weighted by atomic mass is 10.1. The summed E-state index contributed by atoms with van der Waals surface area (Å²) in [6, 6.07) is 9.62. The molecule has 21 heavy (non-hydrogen) atoms. The van der Waals surface area contributed by atoms with Gasteiger partial charge in [0.2, 0.25) is 5.76 Å². The summed E-state index contributed by atoms with van der Waals surface area (Å²) < 4.78 is 10.7. The van der Waals surface area contributed by atoms with E-state index < -0.39 is 0 Å². The van der Waals surface area contributed by atoms with Gasteiger partial charge < -0.3 is 9.47 Å². The average molecular weight is 290 g/mol. The van der Waals surface area contributed by atoms with Gasteiger partial charge >= 0.3 is 5.97 Å². The lowest BCUT2D eigenvalue weighted by molar-refractivity contribution is -0.148. The Labute approximate surface area is 128 Å². The zero-order chi connectivity index (χ0) is 15.5. The molecule has 0 aliphatic heterocycles. The van der Waals surface area contributed by atoms with Crippen LogP contribution in [0.3, 0.4) is 0 Å². The minimum Gasteiger partial charge on any atom is -0.490 e. The first-order valence-corrected chi connectivity index (χ1v) is 7.73. The second-order valence-corrected chi connectivity index (χ2v) is 5.05. The van der Waals surface area contributed by atoms with Gasteiger partial charge in [-0.2, -0.15) is 0 Å². The summed E-state index contributed by atoms with van der Waals surface area (Å²) in [7, 11) is 1.49. The molecule has 0 bridgehead atoms. The van der Waals surface area contributed by atoms with E-state index >= 15 is 0 Å². The summed E-state index contributed by atoms with van der Waals surface area (Å²) in [5.74, 6) is -0.139. The van der Waals surface area contributed by atoms with Gasteiger partial charge in [0.25, 0.3) is 0 Å². The number of unbranched alkanes of at least 4 members (excludes halogenated alkanes) is 2. The molecule has 0 aliphatic rings. The standard InChI is InChI=1S/C18H26O3/c1-4-6-8-13-16(5-2)21-18(19)17(20-3)14-15-11-9-7-10-12-15/h7,9-12,14,16H,4-6,8,13H2,1-3H3/b17-14+. The Bertz CT molecular complexity index is 437. The highest BCUT2D eigenvalue weighted by atomic mass is 16.6. The van der Waals surface area contributed by atoms with Crippen molar-refractivity contribution in [1.29, 1.82) is 0 Å². The van der Waals surface area contributed by atoms with Gasteiger partial charge in [-0.05, 0) is 30.9 Å². The lowest BCUT2D eigenvalue weighted by Gasteiger charge is -2.16. The van der Waals surface area contributed by atoms with Crippen molar-refractivity contribution in [2.45, 2.75) is 52.1 Å². The van der Waals surface area contributed by atoms with Crippen molar-refractivity contribution in [3.05, 3.63) is 41.7 Å². The first-order valence-electron chi connectivity index (χ1n) is 7.73. The Hall–Kier alpha value is -1.77. The number of carbonyl (C=O) groups excluding carboxylic acids is 1. The van der Waals surface area contributed by atoms with Crippen molar-refractivity contribution >= 4 is 12.0 Å². The first kappa shape index (κ1) is 17.3. The fourth-order valence-electron chi connectivity index (χ4n) is 2.08. The maximum atomic E-state index is 12.2. The van der Waals surface area contributed by atoms with Crippen LogP contribution in [0.25, 0.3) is 6.08 Å². The molecule has 116 valence electrons. The third kappa shape index (κ3) is 6.48. The van der Waals surface area contributed by atoms with Crippen LogP contribution in [-0.2, 0) is 14.3 Å². The number of hydrogen-bond acceptors (Lipinski definition) is 3. The molecule has 0 N–H and O–H groups in total. The van der Waals surface area contributed by atoms with E-state index in [0.29, 0.717) is 0 Å². The molecule has 3 nitrogen and oxygen atoms in total. The van der Waals surface area contributed by atoms with Crippen molar-refractivity contribution in [2.75, 3.05) is 7.11 Å². The molecule has 0 radical (unpaired) electrons. The highest BCUT2D eigenvalue weighted by Crippen LogP contribution is 2.14. The number of rotatable bonds is 9. The summed E-state index contributed by atoms with van der Waals surface area (Å²) in [6.45, 7) is 4.20. The van der Waals surface area contributed by atoms with Crippen LogP contribution in [0.4, 0.5) is 0 Å². The summed E-state index contributed by atoms with van der Waals surface area (Å²) in [5, 5.41) is 0. The van der Waals surface area contributed by atoms with Crippen LogP contribution in [0.1, 0.15) is 51.5 Å². The first-order chi connectivity index (χ1) is 10.2. The van der Waals surface area contributed by atoms with E-state index in [1.807, 2.05) is 37.3 Å². The van der Waals surface area contributed by atoms with Crippen LogP contribution in [0, 0.1) is 0 Å². The molecule has 0 amide bonds. The molecule has 1 aromatic carbocycles. The van der Waals surface area contributed by atoms with Crippen molar-refractivity contribution in [3.63, 3.8) is 0 Å². The van der Waals surface area contributed by atoms with E-state index in [-0.39, 0.29) is 17.8 Å². The molecule has 3 heteroatoms. The van der Waals surface area contributed by atoms with Crippen LogP contribution in [0.15, 0.2) is 36.1 Å². The molecule has 0 fully saturated rings. The number of esters is 1. The minimum atomic E-state index is -0.385. The van der Waals surface area contributed by atoms with E-state index in [2.05, 4.69) is 6.92 Å². The fourth-order valence-corrected chi connectivity index (χ4v) is 2.08. The molecule has 1 rings (SSSR count). The molecule has 0 saturated carbocycles.